The van der Waals surface area contributed by atoms with Crippen LogP contribution in [0.2, 0.25) is 0 Å². The van der Waals surface area contributed by atoms with E-state index < -0.39 is 0 Å². The maximum atomic E-state index is 9.63. The van der Waals surface area contributed by atoms with Crippen LogP contribution in [0, 0.1) is 11.3 Å². The van der Waals surface area contributed by atoms with Gasteiger partial charge in [-0.15, -0.1) is 0 Å². The first kappa shape index (κ1) is 34.1. The number of nitrogens with zero attached hydrogens (tertiary/aromatic N) is 1. The SMILES string of the molecule is CCCCCCCCCCCCCCCCCCCC(CO)OCc1ccc(C#N)c(OC)c1.[Ir]. The molecular formula is C30H51IrNO3. The standard InChI is InChI=1S/C30H51NO3.Ir/c1-3-4-5-6-7-8-9-10-11-12-13-14-15-16-17-18-19-20-29(25-32)34-26-27-21-22-28(24-31)30(23-27)33-2;/h21-23,29,32H,3-20,25-26H2,1-2H3;. The predicted molar refractivity (Wildman–Crippen MR) is 142 cm³/mol. The van der Waals surface area contributed by atoms with Gasteiger partial charge in [0.15, 0.2) is 0 Å². The molecule has 0 aliphatic carbocycles. The fourth-order valence-corrected chi connectivity index (χ4v) is 4.46. The number of hydrogen-bond acceptors (Lipinski definition) is 4. The monoisotopic (exact) mass is 666 g/mol. The Balaban J connectivity index is 0.0000116. The molecule has 4 nitrogen and oxygen atoms in total. The average molecular weight is 666 g/mol. The predicted octanol–water partition coefficient (Wildman–Crippen LogP) is 8.48. The summed E-state index contributed by atoms with van der Waals surface area (Å²) in [5.74, 6) is 0.567. The molecule has 0 spiro atoms. The second-order valence-corrected chi connectivity index (χ2v) is 9.71. The van der Waals surface area contributed by atoms with Crippen molar-refractivity contribution in [2.75, 3.05) is 13.7 Å². The minimum absolute atomic E-state index is 0. The topological polar surface area (TPSA) is 62.5 Å². The summed E-state index contributed by atoms with van der Waals surface area (Å²) < 4.78 is 11.1. The van der Waals surface area contributed by atoms with Gasteiger partial charge in [0.2, 0.25) is 0 Å². The molecule has 0 aliphatic heterocycles. The Kier molecular flexibility index (Phi) is 24.1. The Morgan fingerprint density at radius 1 is 0.800 bits per heavy atom. The average Bonchev–Trinajstić information content (AvgIpc) is 2.87. The smallest absolute Gasteiger partial charge is 0.136 e. The van der Waals surface area contributed by atoms with E-state index in [1.807, 2.05) is 12.1 Å². The van der Waals surface area contributed by atoms with Crippen molar-refractivity contribution in [3.05, 3.63) is 29.3 Å². The van der Waals surface area contributed by atoms with Crippen LogP contribution in [0.1, 0.15) is 134 Å². The maximum Gasteiger partial charge on any atom is 0.136 e. The molecule has 0 saturated heterocycles. The largest absolute Gasteiger partial charge is 0.495 e. The fourth-order valence-electron chi connectivity index (χ4n) is 4.46. The summed E-state index contributed by atoms with van der Waals surface area (Å²) >= 11 is 0. The minimum Gasteiger partial charge on any atom is -0.495 e. The van der Waals surface area contributed by atoms with Crippen LogP contribution < -0.4 is 4.74 Å². The van der Waals surface area contributed by atoms with Gasteiger partial charge in [-0.05, 0) is 24.1 Å². The number of ether oxygens (including phenoxy) is 2. The van der Waals surface area contributed by atoms with Gasteiger partial charge in [0.25, 0.3) is 0 Å². The van der Waals surface area contributed by atoms with Crippen molar-refractivity contribution < 1.29 is 34.7 Å². The second kappa shape index (κ2) is 24.8. The van der Waals surface area contributed by atoms with E-state index in [4.69, 9.17) is 14.7 Å². The minimum atomic E-state index is -0.127. The normalized spacial score (nSPS) is 11.6. The summed E-state index contributed by atoms with van der Waals surface area (Å²) in [5, 5.41) is 18.7. The Morgan fingerprint density at radius 3 is 1.71 bits per heavy atom. The van der Waals surface area contributed by atoms with Crippen LogP contribution in [-0.2, 0) is 31.4 Å². The molecule has 0 saturated carbocycles. The van der Waals surface area contributed by atoms with Gasteiger partial charge in [0, 0.05) is 20.1 Å². The summed E-state index contributed by atoms with van der Waals surface area (Å²) in [6.45, 7) is 2.75. The molecule has 1 atom stereocenters. The Morgan fingerprint density at radius 2 is 1.29 bits per heavy atom. The number of aliphatic hydroxyl groups is 1. The van der Waals surface area contributed by atoms with E-state index in [9.17, 15) is 5.11 Å². The van der Waals surface area contributed by atoms with Gasteiger partial charge >= 0.3 is 0 Å². The Bertz CT molecular complexity index is 647. The van der Waals surface area contributed by atoms with Gasteiger partial charge in [-0.1, -0.05) is 122 Å². The molecule has 1 N–H and O–H groups in total. The van der Waals surface area contributed by atoms with Crippen LogP contribution in [0.3, 0.4) is 0 Å². The third-order valence-electron chi connectivity index (χ3n) is 6.71. The zero-order valence-corrected chi connectivity index (χ0v) is 24.9. The van der Waals surface area contributed by atoms with E-state index >= 15 is 0 Å². The molecular weight excluding hydrogens is 615 g/mol. The van der Waals surface area contributed by atoms with E-state index in [0.717, 1.165) is 18.4 Å². The summed E-state index contributed by atoms with van der Waals surface area (Å²) in [6.07, 6.45) is 24.0. The molecule has 0 aromatic heterocycles. The van der Waals surface area contributed by atoms with Crippen molar-refractivity contribution in [3.63, 3.8) is 0 Å². The van der Waals surface area contributed by atoms with E-state index in [1.54, 1.807) is 13.2 Å². The first-order valence-corrected chi connectivity index (χ1v) is 14.0. The number of benzene rings is 1. The molecule has 1 unspecified atom stereocenters. The third-order valence-corrected chi connectivity index (χ3v) is 6.71. The molecule has 1 aromatic carbocycles. The quantitative estimate of drug-likeness (QED) is 0.119. The molecule has 5 heteroatoms. The zero-order chi connectivity index (χ0) is 24.7. The summed E-state index contributed by atoms with van der Waals surface area (Å²) in [5.41, 5.74) is 1.48. The number of hydrogen-bond donors (Lipinski definition) is 1. The summed E-state index contributed by atoms with van der Waals surface area (Å²) in [4.78, 5) is 0. The molecule has 0 heterocycles. The maximum absolute atomic E-state index is 9.63. The number of rotatable bonds is 23. The Labute approximate surface area is 229 Å². The van der Waals surface area contributed by atoms with Crippen molar-refractivity contribution in [1.82, 2.24) is 0 Å². The fraction of sp³-hybridized carbons (Fsp3) is 0.767. The van der Waals surface area contributed by atoms with Gasteiger partial charge in [-0.25, -0.2) is 0 Å². The van der Waals surface area contributed by atoms with Gasteiger partial charge in [-0.3, -0.25) is 0 Å². The van der Waals surface area contributed by atoms with Gasteiger partial charge < -0.3 is 14.6 Å². The number of aliphatic hydroxyl groups excluding tert-OH is 1. The van der Waals surface area contributed by atoms with Gasteiger partial charge in [0.05, 0.1) is 32.0 Å². The summed E-state index contributed by atoms with van der Waals surface area (Å²) in [7, 11) is 1.56. The van der Waals surface area contributed by atoms with Crippen LogP contribution in [0.5, 0.6) is 5.75 Å². The molecule has 1 radical (unpaired) electrons. The molecule has 203 valence electrons. The van der Waals surface area contributed by atoms with Crippen LogP contribution in [-0.4, -0.2) is 24.9 Å². The summed E-state index contributed by atoms with van der Waals surface area (Å²) in [6, 6.07) is 7.59. The number of methoxy groups -OCH3 is 1. The molecule has 0 bridgehead atoms. The van der Waals surface area contributed by atoms with Crippen molar-refractivity contribution in [3.8, 4) is 11.8 Å². The Hall–Kier alpha value is -0.921. The van der Waals surface area contributed by atoms with Crippen molar-refractivity contribution >= 4 is 0 Å². The first-order chi connectivity index (χ1) is 16.7. The van der Waals surface area contributed by atoms with Crippen LogP contribution >= 0.6 is 0 Å². The van der Waals surface area contributed by atoms with Crippen molar-refractivity contribution in [1.29, 1.82) is 5.26 Å². The van der Waals surface area contributed by atoms with Crippen molar-refractivity contribution in [2.45, 2.75) is 135 Å². The number of unbranched alkanes of at least 4 members (excludes halogenated alkanes) is 16. The van der Waals surface area contributed by atoms with E-state index in [2.05, 4.69) is 13.0 Å². The van der Waals surface area contributed by atoms with Crippen LogP contribution in [0.25, 0.3) is 0 Å². The molecule has 35 heavy (non-hydrogen) atoms. The van der Waals surface area contributed by atoms with E-state index in [0.29, 0.717) is 17.9 Å². The van der Waals surface area contributed by atoms with Crippen LogP contribution in [0.4, 0.5) is 0 Å². The molecule has 1 aromatic rings. The molecule has 0 aliphatic rings. The van der Waals surface area contributed by atoms with Gasteiger partial charge in [0.1, 0.15) is 11.8 Å². The third kappa shape index (κ3) is 18.0. The van der Waals surface area contributed by atoms with Crippen molar-refractivity contribution in [2.24, 2.45) is 0 Å². The zero-order valence-electron chi connectivity index (χ0n) is 22.5. The van der Waals surface area contributed by atoms with Gasteiger partial charge in [-0.2, -0.15) is 5.26 Å². The molecule has 1 rings (SSSR count). The van der Waals surface area contributed by atoms with E-state index in [1.165, 1.54) is 103 Å². The first-order valence-electron chi connectivity index (χ1n) is 14.0. The number of nitriles is 1. The van der Waals surface area contributed by atoms with Crippen LogP contribution in [0.15, 0.2) is 18.2 Å². The van der Waals surface area contributed by atoms with E-state index in [-0.39, 0.29) is 32.8 Å². The molecule has 0 amide bonds. The molecule has 0 fully saturated rings. The second-order valence-electron chi connectivity index (χ2n) is 9.71.